The summed E-state index contributed by atoms with van der Waals surface area (Å²) in [6.07, 6.45) is 5.67. The summed E-state index contributed by atoms with van der Waals surface area (Å²) < 4.78 is 6.04. The second-order valence-corrected chi connectivity index (χ2v) is 12.4. The standard InChI is InChI=1S/C38H32N2O4/c41-36(39-26-13-17-28(18-14-26)44-27-15-11-25(12-16-27)24-9-5-2-6-10-24)33(21-23-7-3-1-4-8-23)40-37(42)34-29-19-20-30(32-22-31(29)32)35(34)38(40)43/h1-20,29-35H,21-22H2,(H,39,41)/t29-,30-,31-,32-,33-,34-,35+/m1/s1. The van der Waals surface area contributed by atoms with Gasteiger partial charge in [-0.1, -0.05) is 84.9 Å². The zero-order valence-electron chi connectivity index (χ0n) is 24.1. The fourth-order valence-corrected chi connectivity index (χ4v) is 7.74. The topological polar surface area (TPSA) is 75.7 Å². The molecule has 7 atom stereocenters. The molecule has 4 aromatic carbocycles. The van der Waals surface area contributed by atoms with E-state index < -0.39 is 6.04 Å². The third-order valence-electron chi connectivity index (χ3n) is 9.90. The van der Waals surface area contributed by atoms with Crippen LogP contribution in [-0.2, 0) is 20.8 Å². The molecule has 5 aliphatic rings. The fourth-order valence-electron chi connectivity index (χ4n) is 7.74. The van der Waals surface area contributed by atoms with Gasteiger partial charge in [0.15, 0.2) is 0 Å². The van der Waals surface area contributed by atoms with Crippen LogP contribution in [0.5, 0.6) is 11.5 Å². The number of imide groups is 1. The summed E-state index contributed by atoms with van der Waals surface area (Å²) in [6, 6.07) is 33.8. The van der Waals surface area contributed by atoms with E-state index in [0.717, 1.165) is 23.1 Å². The first kappa shape index (κ1) is 26.6. The first-order valence-corrected chi connectivity index (χ1v) is 15.4. The maximum Gasteiger partial charge on any atom is 0.248 e. The molecule has 4 aromatic rings. The van der Waals surface area contributed by atoms with E-state index in [1.165, 1.54) is 4.90 Å². The molecule has 3 amide bonds. The Hall–Kier alpha value is -4.97. The van der Waals surface area contributed by atoms with Crippen molar-refractivity contribution in [3.05, 3.63) is 127 Å². The van der Waals surface area contributed by atoms with Gasteiger partial charge < -0.3 is 10.1 Å². The summed E-state index contributed by atoms with van der Waals surface area (Å²) in [5.41, 5.74) is 3.71. The first-order valence-electron chi connectivity index (χ1n) is 15.4. The van der Waals surface area contributed by atoms with Gasteiger partial charge in [-0.15, -0.1) is 0 Å². The molecule has 1 saturated heterocycles. The molecule has 1 aliphatic heterocycles. The number of amides is 3. The number of anilines is 1. The molecule has 0 radical (unpaired) electrons. The van der Waals surface area contributed by atoms with Crippen LogP contribution < -0.4 is 10.1 Å². The second-order valence-electron chi connectivity index (χ2n) is 12.4. The lowest BCUT2D eigenvalue weighted by atomic mass is 9.63. The van der Waals surface area contributed by atoms with E-state index in [1.54, 1.807) is 24.3 Å². The van der Waals surface area contributed by atoms with Crippen LogP contribution in [0.4, 0.5) is 5.69 Å². The molecule has 1 N–H and O–H groups in total. The maximum absolute atomic E-state index is 13.9. The predicted octanol–water partition coefficient (Wildman–Crippen LogP) is 6.75. The van der Waals surface area contributed by atoms with Crippen LogP contribution in [0.25, 0.3) is 11.1 Å². The lowest BCUT2D eigenvalue weighted by molar-refractivity contribution is -0.146. The number of carbonyl (C=O) groups excluding carboxylic acids is 3. The third-order valence-corrected chi connectivity index (χ3v) is 9.90. The van der Waals surface area contributed by atoms with E-state index in [2.05, 4.69) is 29.6 Å². The summed E-state index contributed by atoms with van der Waals surface area (Å²) in [5.74, 6) is 1.13. The number of nitrogens with zero attached hydrogens (tertiary/aromatic N) is 1. The smallest absolute Gasteiger partial charge is 0.248 e. The Kier molecular flexibility index (Phi) is 6.44. The van der Waals surface area contributed by atoms with Gasteiger partial charge >= 0.3 is 0 Å². The average molecular weight is 581 g/mol. The summed E-state index contributed by atoms with van der Waals surface area (Å²) in [6.45, 7) is 0. The molecule has 0 aromatic heterocycles. The van der Waals surface area contributed by atoms with Gasteiger partial charge in [-0.25, -0.2) is 0 Å². The lowest BCUT2D eigenvalue weighted by Crippen LogP contribution is -2.49. The molecule has 218 valence electrons. The Morgan fingerprint density at radius 1 is 0.705 bits per heavy atom. The number of allylic oxidation sites excluding steroid dienone is 2. The van der Waals surface area contributed by atoms with Gasteiger partial charge in [0, 0.05) is 12.1 Å². The van der Waals surface area contributed by atoms with Crippen LogP contribution in [0, 0.1) is 35.5 Å². The van der Waals surface area contributed by atoms with E-state index in [1.807, 2.05) is 72.8 Å². The SMILES string of the molecule is O=C(Nc1ccc(Oc2ccc(-c3ccccc3)cc2)cc1)[C@@H](Cc1ccccc1)N1C(=O)[C@@H]2[C@@H]3C=C[C@H]([C@H]4C[C@H]34)[C@@H]2C1=O. The zero-order valence-corrected chi connectivity index (χ0v) is 24.1. The van der Waals surface area contributed by atoms with Gasteiger partial charge in [-0.05, 0) is 83.2 Å². The predicted molar refractivity (Wildman–Crippen MR) is 168 cm³/mol. The second kappa shape index (κ2) is 10.6. The fraction of sp³-hybridized carbons (Fsp3) is 0.237. The highest BCUT2D eigenvalue weighted by molar-refractivity contribution is 6.10. The van der Waals surface area contributed by atoms with Crippen molar-refractivity contribution in [1.82, 2.24) is 4.90 Å². The largest absolute Gasteiger partial charge is 0.457 e. The molecule has 1 heterocycles. The molecule has 44 heavy (non-hydrogen) atoms. The molecule has 2 saturated carbocycles. The summed E-state index contributed by atoms with van der Waals surface area (Å²) in [4.78, 5) is 42.9. The Labute approximate surface area is 256 Å². The van der Waals surface area contributed by atoms with Crippen LogP contribution in [0.2, 0.25) is 0 Å². The molecule has 6 nitrogen and oxygen atoms in total. The number of benzene rings is 4. The van der Waals surface area contributed by atoms with Crippen LogP contribution in [0.3, 0.4) is 0 Å². The van der Waals surface area contributed by atoms with Crippen molar-refractivity contribution in [2.24, 2.45) is 35.5 Å². The average Bonchev–Trinajstić information content (AvgIpc) is 3.85. The van der Waals surface area contributed by atoms with E-state index in [-0.39, 0.29) is 47.8 Å². The van der Waals surface area contributed by atoms with Crippen molar-refractivity contribution in [1.29, 1.82) is 0 Å². The van der Waals surface area contributed by atoms with Gasteiger partial charge in [0.1, 0.15) is 17.5 Å². The lowest BCUT2D eigenvalue weighted by Gasteiger charge is -2.37. The Morgan fingerprint density at radius 3 is 1.82 bits per heavy atom. The van der Waals surface area contributed by atoms with Gasteiger partial charge in [0.2, 0.25) is 17.7 Å². The third kappa shape index (κ3) is 4.62. The highest BCUT2D eigenvalue weighted by atomic mass is 16.5. The molecule has 2 bridgehead atoms. The van der Waals surface area contributed by atoms with E-state index in [0.29, 0.717) is 29.0 Å². The number of rotatable bonds is 8. The van der Waals surface area contributed by atoms with Gasteiger partial charge in [-0.2, -0.15) is 0 Å². The first-order chi connectivity index (χ1) is 21.5. The van der Waals surface area contributed by atoms with Crippen LogP contribution >= 0.6 is 0 Å². The van der Waals surface area contributed by atoms with Crippen LogP contribution in [-0.4, -0.2) is 28.7 Å². The summed E-state index contributed by atoms with van der Waals surface area (Å²) >= 11 is 0. The van der Waals surface area contributed by atoms with Gasteiger partial charge in [0.05, 0.1) is 11.8 Å². The highest BCUT2D eigenvalue weighted by Crippen LogP contribution is 2.65. The quantitative estimate of drug-likeness (QED) is 0.185. The van der Waals surface area contributed by atoms with Crippen LogP contribution in [0.15, 0.2) is 121 Å². The minimum atomic E-state index is -0.933. The molecular formula is C38H32N2O4. The maximum atomic E-state index is 13.9. The van der Waals surface area contributed by atoms with Crippen molar-refractivity contribution in [2.75, 3.05) is 5.32 Å². The molecule has 0 spiro atoms. The van der Waals surface area contributed by atoms with Gasteiger partial charge in [-0.3, -0.25) is 19.3 Å². The molecular weight excluding hydrogens is 548 g/mol. The Bertz CT molecular complexity index is 1710. The van der Waals surface area contributed by atoms with Crippen molar-refractivity contribution in [3.63, 3.8) is 0 Å². The highest BCUT2D eigenvalue weighted by Gasteiger charge is 2.67. The van der Waals surface area contributed by atoms with E-state index in [9.17, 15) is 14.4 Å². The minimum absolute atomic E-state index is 0.110. The van der Waals surface area contributed by atoms with Crippen LogP contribution in [0.1, 0.15) is 12.0 Å². The van der Waals surface area contributed by atoms with E-state index >= 15 is 0 Å². The minimum Gasteiger partial charge on any atom is -0.457 e. The Balaban J connectivity index is 0.991. The number of likely N-dealkylation sites (tertiary alicyclic amines) is 1. The molecule has 0 unspecified atom stereocenters. The number of hydrogen-bond acceptors (Lipinski definition) is 4. The zero-order chi connectivity index (χ0) is 29.8. The van der Waals surface area contributed by atoms with E-state index in [4.69, 9.17) is 4.74 Å². The summed E-state index contributed by atoms with van der Waals surface area (Å²) in [7, 11) is 0. The molecule has 9 rings (SSSR count). The molecule has 4 aliphatic carbocycles. The number of carbonyl (C=O) groups is 3. The molecule has 3 fully saturated rings. The van der Waals surface area contributed by atoms with Gasteiger partial charge in [0.25, 0.3) is 0 Å². The summed E-state index contributed by atoms with van der Waals surface area (Å²) in [5, 5.41) is 2.98. The van der Waals surface area contributed by atoms with Crippen molar-refractivity contribution in [2.45, 2.75) is 18.9 Å². The number of hydrogen-bond donors (Lipinski definition) is 1. The van der Waals surface area contributed by atoms with Crippen molar-refractivity contribution in [3.8, 4) is 22.6 Å². The molecule has 6 heteroatoms. The Morgan fingerprint density at radius 2 is 1.23 bits per heavy atom. The number of ether oxygens (including phenoxy) is 1. The number of nitrogens with one attached hydrogen (secondary N) is 1. The monoisotopic (exact) mass is 580 g/mol. The van der Waals surface area contributed by atoms with Crippen molar-refractivity contribution >= 4 is 23.4 Å². The van der Waals surface area contributed by atoms with Crippen molar-refractivity contribution < 1.29 is 19.1 Å². The normalized spacial score (nSPS) is 26.6.